The van der Waals surface area contributed by atoms with Crippen LogP contribution in [-0.2, 0) is 33.3 Å². The Labute approximate surface area is 180 Å². The maximum atomic E-state index is 13.1. The molecule has 4 fully saturated rings. The quantitative estimate of drug-likeness (QED) is 0.287. The highest BCUT2D eigenvalue weighted by Gasteiger charge is 2.90. The third-order valence-corrected chi connectivity index (χ3v) is 8.41. The largest absolute Gasteiger partial charge is 0.459 e. The molecule has 0 aromatic heterocycles. The van der Waals surface area contributed by atoms with Crippen LogP contribution in [0.3, 0.4) is 0 Å². The van der Waals surface area contributed by atoms with Crippen molar-refractivity contribution in [1.82, 2.24) is 0 Å². The number of esters is 3. The minimum absolute atomic E-state index is 0.0369. The van der Waals surface area contributed by atoms with Gasteiger partial charge >= 0.3 is 17.9 Å². The highest BCUT2D eigenvalue weighted by atomic mass is 16.7. The molecule has 0 amide bonds. The van der Waals surface area contributed by atoms with Crippen molar-refractivity contribution in [1.29, 1.82) is 0 Å². The summed E-state index contributed by atoms with van der Waals surface area (Å²) in [6.45, 7) is 9.74. The topological polar surface area (TPSA) is 132 Å². The lowest BCUT2D eigenvalue weighted by atomic mass is 9.61. The Morgan fingerprint density at radius 3 is 2.39 bits per heavy atom. The van der Waals surface area contributed by atoms with Gasteiger partial charge < -0.3 is 29.2 Å². The number of ether oxygens (including phenoxy) is 4. The van der Waals surface area contributed by atoms with E-state index in [2.05, 4.69) is 0 Å². The van der Waals surface area contributed by atoms with Gasteiger partial charge in [-0.15, -0.1) is 0 Å². The van der Waals surface area contributed by atoms with Crippen molar-refractivity contribution in [2.45, 2.75) is 90.2 Å². The van der Waals surface area contributed by atoms with Crippen LogP contribution < -0.4 is 0 Å². The second-order valence-electron chi connectivity index (χ2n) is 9.80. The summed E-state index contributed by atoms with van der Waals surface area (Å²) in [6.07, 6.45) is -1.78. The van der Waals surface area contributed by atoms with Gasteiger partial charge in [0.25, 0.3) is 0 Å². The molecule has 0 bridgehead atoms. The van der Waals surface area contributed by atoms with Crippen molar-refractivity contribution < 1.29 is 43.5 Å². The Morgan fingerprint density at radius 1 is 1.23 bits per heavy atom. The molecule has 0 unspecified atom stereocenters. The average molecular weight is 438 g/mol. The highest BCUT2D eigenvalue weighted by molar-refractivity contribution is 5.88. The molecule has 2 aliphatic heterocycles. The van der Waals surface area contributed by atoms with E-state index in [0.717, 1.165) is 0 Å². The third-order valence-electron chi connectivity index (χ3n) is 8.41. The van der Waals surface area contributed by atoms with Gasteiger partial charge in [-0.3, -0.25) is 9.59 Å². The van der Waals surface area contributed by atoms with Gasteiger partial charge in [-0.25, -0.2) is 4.79 Å². The van der Waals surface area contributed by atoms with Gasteiger partial charge in [0.2, 0.25) is 6.29 Å². The molecule has 2 saturated carbocycles. The Bertz CT molecular complexity index is 878. The number of aliphatic hydroxyl groups excluding tert-OH is 1. The second-order valence-corrected chi connectivity index (χ2v) is 9.80. The van der Waals surface area contributed by atoms with E-state index in [1.54, 1.807) is 19.9 Å². The fourth-order valence-electron chi connectivity index (χ4n) is 6.20. The van der Waals surface area contributed by atoms with Crippen molar-refractivity contribution in [3.63, 3.8) is 0 Å². The fourth-order valence-corrected chi connectivity index (χ4v) is 6.20. The van der Waals surface area contributed by atoms with E-state index >= 15 is 0 Å². The van der Waals surface area contributed by atoms with Crippen molar-refractivity contribution in [3.05, 3.63) is 11.6 Å². The zero-order valence-electron chi connectivity index (χ0n) is 18.6. The number of rotatable bonds is 3. The first-order valence-electron chi connectivity index (χ1n) is 10.6. The van der Waals surface area contributed by atoms with E-state index in [0.29, 0.717) is 12.0 Å². The van der Waals surface area contributed by atoms with Crippen molar-refractivity contribution >= 4 is 17.9 Å². The predicted molar refractivity (Wildman–Crippen MR) is 104 cm³/mol. The molecule has 0 aromatic carbocycles. The zero-order chi connectivity index (χ0) is 23.1. The maximum absolute atomic E-state index is 13.1. The first kappa shape index (κ1) is 22.2. The van der Waals surface area contributed by atoms with Crippen molar-refractivity contribution in [3.8, 4) is 0 Å². The Kier molecular flexibility index (Phi) is 4.68. The van der Waals surface area contributed by atoms with Gasteiger partial charge in [0.05, 0.1) is 6.10 Å². The highest BCUT2D eigenvalue weighted by Crippen LogP contribution is 2.76. The van der Waals surface area contributed by atoms with Gasteiger partial charge in [0.1, 0.15) is 22.7 Å². The van der Waals surface area contributed by atoms with Crippen LogP contribution in [0, 0.1) is 16.7 Å². The van der Waals surface area contributed by atoms with Gasteiger partial charge in [-0.1, -0.05) is 19.9 Å². The lowest BCUT2D eigenvalue weighted by Gasteiger charge is -2.43. The molecule has 9 heteroatoms. The Morgan fingerprint density at radius 2 is 1.87 bits per heavy atom. The van der Waals surface area contributed by atoms with Crippen LogP contribution in [0.2, 0.25) is 0 Å². The van der Waals surface area contributed by atoms with Crippen molar-refractivity contribution in [2.75, 3.05) is 0 Å². The number of carbonyl (C=O) groups excluding carboxylic acids is 3. The standard InChI is InChI=1S/C22H30O9/c1-7-10(2)15(24)29-13-8-14-22(31-14)16(28-12(4)23)21(9-19(22,5)11(13)3)18(26)30-17(25)20(21,6)27/h7,11,13-14,16-17,25,27H,8-9H2,1-6H3/b10-7-/t11-,13+,14+,16-,17+,19+,20-,21+,22-/m0/s1. The Balaban J connectivity index is 1.78. The molecule has 4 aliphatic rings. The summed E-state index contributed by atoms with van der Waals surface area (Å²) >= 11 is 0. The SMILES string of the molecule is C/C=C(/C)C(=O)O[C@@H]1C[C@H]2O[C@]23[C@@H](OC(C)=O)[C@]2(C[C@]3(C)[C@H]1C)C(=O)O[C@@H](O)[C@]2(C)O. The molecule has 31 heavy (non-hydrogen) atoms. The maximum Gasteiger partial charge on any atom is 0.333 e. The van der Waals surface area contributed by atoms with E-state index in [1.165, 1.54) is 13.8 Å². The first-order chi connectivity index (χ1) is 14.3. The van der Waals surface area contributed by atoms with Crippen LogP contribution in [0.1, 0.15) is 54.4 Å². The van der Waals surface area contributed by atoms with Crippen LogP contribution in [0.4, 0.5) is 0 Å². The molecule has 9 nitrogen and oxygen atoms in total. The molecular formula is C22H30O9. The molecule has 4 rings (SSSR count). The summed E-state index contributed by atoms with van der Waals surface area (Å²) in [5, 5.41) is 21.5. The minimum atomic E-state index is -2.01. The summed E-state index contributed by atoms with van der Waals surface area (Å²) in [6, 6.07) is 0. The van der Waals surface area contributed by atoms with Crippen LogP contribution in [-0.4, -0.2) is 63.9 Å². The molecule has 2 spiro atoms. The number of aliphatic hydroxyl groups is 2. The fraction of sp³-hybridized carbons (Fsp3) is 0.773. The summed E-state index contributed by atoms with van der Waals surface area (Å²) in [5.41, 5.74) is -5.10. The summed E-state index contributed by atoms with van der Waals surface area (Å²) in [4.78, 5) is 37.5. The Hall–Kier alpha value is -1.97. The number of hydrogen-bond acceptors (Lipinski definition) is 9. The van der Waals surface area contributed by atoms with Crippen LogP contribution in [0.15, 0.2) is 11.6 Å². The summed E-state index contributed by atoms with van der Waals surface area (Å²) in [5.74, 6) is -2.19. The van der Waals surface area contributed by atoms with Gasteiger partial charge in [0, 0.05) is 30.3 Å². The smallest absolute Gasteiger partial charge is 0.333 e. The van der Waals surface area contributed by atoms with E-state index in [4.69, 9.17) is 18.9 Å². The minimum Gasteiger partial charge on any atom is -0.459 e. The number of allylic oxidation sites excluding steroid dienone is 1. The number of cyclic esters (lactones) is 1. The third kappa shape index (κ3) is 2.51. The van der Waals surface area contributed by atoms with Crippen LogP contribution in [0.5, 0.6) is 0 Å². The number of carbonyl (C=O) groups is 3. The van der Waals surface area contributed by atoms with Gasteiger partial charge in [-0.05, 0) is 27.2 Å². The molecule has 0 aromatic rings. The van der Waals surface area contributed by atoms with Crippen molar-refractivity contribution in [2.24, 2.45) is 16.7 Å². The summed E-state index contributed by atoms with van der Waals surface area (Å²) in [7, 11) is 0. The number of hydrogen-bond donors (Lipinski definition) is 2. The lowest BCUT2D eigenvalue weighted by Crippen LogP contribution is -2.59. The molecule has 172 valence electrons. The zero-order valence-corrected chi connectivity index (χ0v) is 18.6. The van der Waals surface area contributed by atoms with Gasteiger partial charge in [-0.2, -0.15) is 0 Å². The van der Waals surface area contributed by atoms with Crippen LogP contribution >= 0.6 is 0 Å². The average Bonchev–Trinajstić information content (AvgIpc) is 3.33. The molecular weight excluding hydrogens is 408 g/mol. The first-order valence-corrected chi connectivity index (χ1v) is 10.6. The van der Waals surface area contributed by atoms with E-state index in [1.807, 2.05) is 13.8 Å². The van der Waals surface area contributed by atoms with E-state index in [9.17, 15) is 24.6 Å². The second kappa shape index (κ2) is 6.52. The molecule has 2 heterocycles. The normalized spacial score (nSPS) is 50.5. The molecule has 2 saturated heterocycles. The summed E-state index contributed by atoms with van der Waals surface area (Å²) < 4.78 is 22.6. The lowest BCUT2D eigenvalue weighted by molar-refractivity contribution is -0.189. The number of epoxide rings is 1. The van der Waals surface area contributed by atoms with E-state index in [-0.39, 0.29) is 12.3 Å². The molecule has 9 atom stereocenters. The predicted octanol–water partition coefficient (Wildman–Crippen LogP) is 0.996. The van der Waals surface area contributed by atoms with Gasteiger partial charge in [0.15, 0.2) is 6.10 Å². The molecule has 2 aliphatic carbocycles. The van der Waals surface area contributed by atoms with Crippen LogP contribution in [0.25, 0.3) is 0 Å². The van der Waals surface area contributed by atoms with E-state index < -0.39 is 64.5 Å². The molecule has 2 N–H and O–H groups in total. The monoisotopic (exact) mass is 438 g/mol. The molecule has 0 radical (unpaired) electrons.